The summed E-state index contributed by atoms with van der Waals surface area (Å²) in [6.45, 7) is 6.23. The molecule has 0 heterocycles. The maximum Gasteiger partial charge on any atom is 0.251 e. The van der Waals surface area contributed by atoms with Crippen LogP contribution < -0.4 is 5.32 Å². The molecule has 0 fully saturated rings. The maximum absolute atomic E-state index is 12.4. The van der Waals surface area contributed by atoms with Gasteiger partial charge < -0.3 is 5.32 Å². The first-order chi connectivity index (χ1) is 9.58. The third-order valence-corrected chi connectivity index (χ3v) is 3.39. The lowest BCUT2D eigenvalue weighted by Gasteiger charge is -2.23. The van der Waals surface area contributed by atoms with Gasteiger partial charge in [-0.05, 0) is 30.5 Å². The van der Waals surface area contributed by atoms with Crippen LogP contribution in [0.15, 0.2) is 54.6 Å². The number of hydrogen-bond donors (Lipinski definition) is 1. The van der Waals surface area contributed by atoms with E-state index in [1.165, 1.54) is 0 Å². The minimum absolute atomic E-state index is 0.0174. The summed E-state index contributed by atoms with van der Waals surface area (Å²) in [6.07, 6.45) is 0. The van der Waals surface area contributed by atoms with Gasteiger partial charge in [0, 0.05) is 5.56 Å². The molecule has 0 aliphatic rings. The number of benzene rings is 2. The lowest BCUT2D eigenvalue weighted by molar-refractivity contribution is 0.0925. The predicted octanol–water partition coefficient (Wildman–Crippen LogP) is 4.12. The largest absolute Gasteiger partial charge is 0.345 e. The van der Waals surface area contributed by atoms with Gasteiger partial charge in [0.25, 0.3) is 5.91 Å². The van der Waals surface area contributed by atoms with Crippen molar-refractivity contribution in [1.82, 2.24) is 5.32 Å². The highest BCUT2D eigenvalue weighted by Crippen LogP contribution is 2.22. The molecule has 0 radical (unpaired) electrons. The van der Waals surface area contributed by atoms with E-state index >= 15 is 0 Å². The Morgan fingerprint density at radius 2 is 1.70 bits per heavy atom. The summed E-state index contributed by atoms with van der Waals surface area (Å²) in [5, 5.41) is 3.14. The molecule has 20 heavy (non-hydrogen) atoms. The van der Waals surface area contributed by atoms with Crippen molar-refractivity contribution in [2.24, 2.45) is 5.92 Å². The smallest absolute Gasteiger partial charge is 0.251 e. The number of hydrogen-bond acceptors (Lipinski definition) is 1. The van der Waals surface area contributed by atoms with E-state index in [4.69, 9.17) is 0 Å². The van der Waals surface area contributed by atoms with Crippen molar-refractivity contribution in [2.45, 2.75) is 26.8 Å². The molecule has 104 valence electrons. The number of carbonyl (C=O) groups excluding carboxylic acids is 1. The third-order valence-electron chi connectivity index (χ3n) is 3.39. The number of carbonyl (C=O) groups is 1. The molecule has 0 bridgehead atoms. The zero-order valence-electron chi connectivity index (χ0n) is 12.3. The Hall–Kier alpha value is -2.09. The van der Waals surface area contributed by atoms with Gasteiger partial charge in [0.2, 0.25) is 0 Å². The highest BCUT2D eigenvalue weighted by atomic mass is 16.1. The first-order valence-electron chi connectivity index (χ1n) is 7.00. The highest BCUT2D eigenvalue weighted by molar-refractivity contribution is 5.94. The molecule has 0 spiro atoms. The second-order valence-corrected chi connectivity index (χ2v) is 5.48. The first-order valence-corrected chi connectivity index (χ1v) is 7.00. The molecule has 2 aromatic rings. The molecule has 0 saturated carbocycles. The van der Waals surface area contributed by atoms with Gasteiger partial charge in [-0.15, -0.1) is 0 Å². The summed E-state index contributed by atoms with van der Waals surface area (Å²) in [5.74, 6) is 0.322. The molecule has 0 aromatic heterocycles. The number of rotatable bonds is 4. The zero-order valence-corrected chi connectivity index (χ0v) is 12.3. The summed E-state index contributed by atoms with van der Waals surface area (Å²) in [5.41, 5.74) is 2.95. The average Bonchev–Trinajstić information content (AvgIpc) is 2.45. The SMILES string of the molecule is Cc1cccc(C(=O)N[C@@H](c2ccccc2)C(C)C)c1. The standard InChI is InChI=1S/C18H21NO/c1-13(2)17(15-9-5-4-6-10-15)19-18(20)16-11-7-8-14(3)12-16/h4-13,17H,1-3H3,(H,19,20)/t17-/m1/s1. The fraction of sp³-hybridized carbons (Fsp3) is 0.278. The number of amides is 1. The Morgan fingerprint density at radius 1 is 1.00 bits per heavy atom. The lowest BCUT2D eigenvalue weighted by atomic mass is 9.95. The number of nitrogens with one attached hydrogen (secondary N) is 1. The van der Waals surface area contributed by atoms with Crippen LogP contribution in [0.1, 0.15) is 41.4 Å². The van der Waals surface area contributed by atoms with Gasteiger partial charge in [-0.2, -0.15) is 0 Å². The summed E-state index contributed by atoms with van der Waals surface area (Å²) < 4.78 is 0. The van der Waals surface area contributed by atoms with E-state index in [-0.39, 0.29) is 11.9 Å². The van der Waals surface area contributed by atoms with Crippen molar-refractivity contribution >= 4 is 5.91 Å². The topological polar surface area (TPSA) is 29.1 Å². The molecule has 2 heteroatoms. The van der Waals surface area contributed by atoms with Crippen LogP contribution in [0.2, 0.25) is 0 Å². The van der Waals surface area contributed by atoms with Gasteiger partial charge in [-0.25, -0.2) is 0 Å². The van der Waals surface area contributed by atoms with Crippen molar-refractivity contribution in [3.8, 4) is 0 Å². The number of aryl methyl sites for hydroxylation is 1. The second kappa shape index (κ2) is 6.38. The summed E-state index contributed by atoms with van der Waals surface area (Å²) in [7, 11) is 0. The predicted molar refractivity (Wildman–Crippen MR) is 82.7 cm³/mol. The van der Waals surface area contributed by atoms with E-state index in [0.29, 0.717) is 11.5 Å². The van der Waals surface area contributed by atoms with Crippen LogP contribution in [-0.2, 0) is 0 Å². The van der Waals surface area contributed by atoms with E-state index in [1.54, 1.807) is 0 Å². The summed E-state index contributed by atoms with van der Waals surface area (Å²) in [4.78, 5) is 12.4. The lowest BCUT2D eigenvalue weighted by Crippen LogP contribution is -2.31. The van der Waals surface area contributed by atoms with Gasteiger partial charge in [0.15, 0.2) is 0 Å². The summed E-state index contributed by atoms with van der Waals surface area (Å²) in [6, 6.07) is 17.8. The van der Waals surface area contributed by atoms with E-state index in [2.05, 4.69) is 31.3 Å². The Labute approximate surface area is 120 Å². The molecule has 1 atom stereocenters. The zero-order chi connectivity index (χ0) is 14.5. The van der Waals surface area contributed by atoms with Crippen LogP contribution in [0.5, 0.6) is 0 Å². The quantitative estimate of drug-likeness (QED) is 0.887. The Bertz CT molecular complexity index is 575. The Morgan fingerprint density at radius 3 is 2.30 bits per heavy atom. The van der Waals surface area contributed by atoms with Gasteiger partial charge in [-0.3, -0.25) is 4.79 Å². The minimum atomic E-state index is -0.0174. The normalized spacial score (nSPS) is 12.2. The van der Waals surface area contributed by atoms with E-state index in [9.17, 15) is 4.79 Å². The van der Waals surface area contributed by atoms with Crippen LogP contribution in [0.25, 0.3) is 0 Å². The Kier molecular flexibility index (Phi) is 4.57. The van der Waals surface area contributed by atoms with Crippen molar-refractivity contribution in [2.75, 3.05) is 0 Å². The van der Waals surface area contributed by atoms with Crippen molar-refractivity contribution in [1.29, 1.82) is 0 Å². The molecule has 0 saturated heterocycles. The third kappa shape index (κ3) is 3.47. The van der Waals surface area contributed by atoms with Crippen molar-refractivity contribution < 1.29 is 4.79 Å². The summed E-state index contributed by atoms with van der Waals surface area (Å²) >= 11 is 0. The van der Waals surface area contributed by atoms with Gasteiger partial charge in [0.05, 0.1) is 6.04 Å². The van der Waals surface area contributed by atoms with Crippen molar-refractivity contribution in [3.05, 3.63) is 71.3 Å². The van der Waals surface area contributed by atoms with Crippen molar-refractivity contribution in [3.63, 3.8) is 0 Å². The average molecular weight is 267 g/mol. The molecule has 0 aliphatic heterocycles. The van der Waals surface area contributed by atoms with Gasteiger partial charge >= 0.3 is 0 Å². The maximum atomic E-state index is 12.4. The monoisotopic (exact) mass is 267 g/mol. The van der Waals surface area contributed by atoms with E-state index in [1.807, 2.05) is 49.4 Å². The molecule has 1 N–H and O–H groups in total. The fourth-order valence-electron chi connectivity index (χ4n) is 2.31. The second-order valence-electron chi connectivity index (χ2n) is 5.48. The van der Waals surface area contributed by atoms with Gasteiger partial charge in [0.1, 0.15) is 0 Å². The molecular formula is C18H21NO. The van der Waals surface area contributed by atoms with E-state index < -0.39 is 0 Å². The van der Waals surface area contributed by atoms with Gasteiger partial charge in [-0.1, -0.05) is 61.9 Å². The Balaban J connectivity index is 2.19. The molecule has 0 aliphatic carbocycles. The van der Waals surface area contributed by atoms with Crippen LogP contribution in [0.4, 0.5) is 0 Å². The molecule has 1 amide bonds. The highest BCUT2D eigenvalue weighted by Gasteiger charge is 2.18. The van der Waals surface area contributed by atoms with Crippen LogP contribution in [-0.4, -0.2) is 5.91 Å². The van der Waals surface area contributed by atoms with E-state index in [0.717, 1.165) is 11.1 Å². The molecular weight excluding hydrogens is 246 g/mol. The molecule has 2 aromatic carbocycles. The molecule has 2 rings (SSSR count). The first kappa shape index (κ1) is 14.3. The molecule has 0 unspecified atom stereocenters. The fourth-order valence-corrected chi connectivity index (χ4v) is 2.31. The minimum Gasteiger partial charge on any atom is -0.345 e. The van der Waals surface area contributed by atoms with Crippen LogP contribution >= 0.6 is 0 Å². The van der Waals surface area contributed by atoms with Crippen LogP contribution in [0, 0.1) is 12.8 Å². The molecule has 2 nitrogen and oxygen atoms in total. The van der Waals surface area contributed by atoms with Crippen LogP contribution in [0.3, 0.4) is 0 Å².